The zero-order chi connectivity index (χ0) is 18.4. The Bertz CT molecular complexity index is 739. The van der Waals surface area contributed by atoms with Crippen LogP contribution >= 0.6 is 0 Å². The van der Waals surface area contributed by atoms with Gasteiger partial charge in [0, 0.05) is 36.9 Å². The Hall–Kier alpha value is -2.89. The van der Waals surface area contributed by atoms with Gasteiger partial charge < -0.3 is 15.0 Å². The maximum absolute atomic E-state index is 12.0. The van der Waals surface area contributed by atoms with Crippen LogP contribution in [0.5, 0.6) is 0 Å². The number of hydrogen-bond donors (Lipinski definition) is 1. The van der Waals surface area contributed by atoms with E-state index >= 15 is 0 Å². The molecular weight excluding hydrogens is 330 g/mol. The summed E-state index contributed by atoms with van der Waals surface area (Å²) in [6.45, 7) is 4.10. The first-order valence-corrected chi connectivity index (χ1v) is 8.84. The molecule has 0 spiro atoms. The van der Waals surface area contributed by atoms with Crippen molar-refractivity contribution in [3.05, 3.63) is 54.4 Å². The molecule has 0 unspecified atom stereocenters. The summed E-state index contributed by atoms with van der Waals surface area (Å²) in [7, 11) is 0. The number of carbonyl (C=O) groups is 2. The van der Waals surface area contributed by atoms with E-state index in [2.05, 4.69) is 22.1 Å². The number of rotatable bonds is 5. The second-order valence-electron chi connectivity index (χ2n) is 6.58. The van der Waals surface area contributed by atoms with Crippen LogP contribution in [-0.4, -0.2) is 36.6 Å². The molecule has 26 heavy (non-hydrogen) atoms. The summed E-state index contributed by atoms with van der Waals surface area (Å²) in [5.41, 5.74) is 2.22. The van der Waals surface area contributed by atoms with Gasteiger partial charge in [-0.3, -0.25) is 9.78 Å². The molecule has 2 aromatic rings. The topological polar surface area (TPSA) is 71.5 Å². The molecule has 1 aliphatic rings. The van der Waals surface area contributed by atoms with Gasteiger partial charge in [-0.25, -0.2) is 4.79 Å². The molecule has 0 atom stereocenters. The molecule has 3 rings (SSSR count). The number of esters is 1. The van der Waals surface area contributed by atoms with E-state index in [1.165, 1.54) is 30.9 Å². The van der Waals surface area contributed by atoms with Crippen molar-refractivity contribution in [1.82, 2.24) is 4.98 Å². The summed E-state index contributed by atoms with van der Waals surface area (Å²) < 4.78 is 5.00. The minimum absolute atomic E-state index is 0.326. The van der Waals surface area contributed by atoms with E-state index in [9.17, 15) is 9.59 Å². The molecule has 1 aromatic carbocycles. The van der Waals surface area contributed by atoms with E-state index in [1.54, 1.807) is 12.1 Å². The van der Waals surface area contributed by atoms with Crippen LogP contribution in [0.4, 0.5) is 11.4 Å². The highest BCUT2D eigenvalue weighted by Gasteiger charge is 2.16. The van der Waals surface area contributed by atoms with E-state index < -0.39 is 5.97 Å². The number of anilines is 2. The fraction of sp³-hybridized carbons (Fsp3) is 0.350. The largest absolute Gasteiger partial charge is 0.452 e. The molecule has 0 bridgehead atoms. The fourth-order valence-electron chi connectivity index (χ4n) is 2.92. The number of ether oxygens (including phenoxy) is 1. The summed E-state index contributed by atoms with van der Waals surface area (Å²) in [6.07, 6.45) is 5.42. The zero-order valence-corrected chi connectivity index (χ0v) is 14.9. The van der Waals surface area contributed by atoms with Crippen LogP contribution < -0.4 is 10.2 Å². The van der Waals surface area contributed by atoms with Crippen molar-refractivity contribution in [2.75, 3.05) is 29.9 Å². The zero-order valence-electron chi connectivity index (χ0n) is 14.9. The highest BCUT2D eigenvalue weighted by atomic mass is 16.5. The monoisotopic (exact) mass is 353 g/mol. The number of nitrogens with one attached hydrogen (secondary N) is 1. The molecule has 1 saturated heterocycles. The van der Waals surface area contributed by atoms with Crippen molar-refractivity contribution >= 4 is 23.3 Å². The van der Waals surface area contributed by atoms with Gasteiger partial charge in [-0.1, -0.05) is 6.92 Å². The lowest BCUT2D eigenvalue weighted by atomic mass is 9.99. The van der Waals surface area contributed by atoms with Crippen LogP contribution in [0.3, 0.4) is 0 Å². The second kappa shape index (κ2) is 8.47. The Morgan fingerprint density at radius 2 is 1.77 bits per heavy atom. The van der Waals surface area contributed by atoms with E-state index in [1.807, 2.05) is 24.3 Å². The van der Waals surface area contributed by atoms with Gasteiger partial charge >= 0.3 is 5.97 Å². The summed E-state index contributed by atoms with van der Waals surface area (Å²) >= 11 is 0. The van der Waals surface area contributed by atoms with Gasteiger partial charge in [-0.15, -0.1) is 0 Å². The van der Waals surface area contributed by atoms with Crippen LogP contribution in [0.2, 0.25) is 0 Å². The predicted octanol–water partition coefficient (Wildman–Crippen LogP) is 3.11. The fourth-order valence-corrected chi connectivity index (χ4v) is 2.92. The molecule has 0 aliphatic carbocycles. The highest BCUT2D eigenvalue weighted by Crippen LogP contribution is 2.24. The van der Waals surface area contributed by atoms with E-state index in [4.69, 9.17) is 4.74 Å². The minimum Gasteiger partial charge on any atom is -0.452 e. The van der Waals surface area contributed by atoms with E-state index in [-0.39, 0.29) is 12.5 Å². The number of nitrogens with zero attached hydrogens (tertiary/aromatic N) is 2. The van der Waals surface area contributed by atoms with Crippen molar-refractivity contribution in [1.29, 1.82) is 0 Å². The van der Waals surface area contributed by atoms with Gasteiger partial charge in [0.05, 0.1) is 5.56 Å². The third kappa shape index (κ3) is 4.81. The van der Waals surface area contributed by atoms with Gasteiger partial charge in [-0.2, -0.15) is 0 Å². The molecule has 136 valence electrons. The molecule has 0 radical (unpaired) electrons. The lowest BCUT2D eigenvalue weighted by molar-refractivity contribution is -0.119. The highest BCUT2D eigenvalue weighted by molar-refractivity contribution is 5.95. The number of benzene rings is 1. The van der Waals surface area contributed by atoms with Crippen molar-refractivity contribution < 1.29 is 14.3 Å². The molecule has 1 aliphatic heterocycles. The van der Waals surface area contributed by atoms with Gasteiger partial charge in [0.25, 0.3) is 5.91 Å². The first-order chi connectivity index (χ1) is 12.6. The van der Waals surface area contributed by atoms with Crippen molar-refractivity contribution in [2.24, 2.45) is 5.92 Å². The number of aromatic nitrogens is 1. The Morgan fingerprint density at radius 3 is 2.42 bits per heavy atom. The number of amides is 1. The van der Waals surface area contributed by atoms with Gasteiger partial charge in [-0.05, 0) is 55.2 Å². The number of carbonyl (C=O) groups excluding carboxylic acids is 2. The first-order valence-electron chi connectivity index (χ1n) is 8.84. The maximum atomic E-state index is 12.0. The second-order valence-corrected chi connectivity index (χ2v) is 6.58. The summed E-state index contributed by atoms with van der Waals surface area (Å²) in [4.78, 5) is 30.0. The normalized spacial score (nSPS) is 14.7. The van der Waals surface area contributed by atoms with Crippen LogP contribution in [0.1, 0.15) is 30.1 Å². The third-order valence-electron chi connectivity index (χ3n) is 4.55. The van der Waals surface area contributed by atoms with E-state index in [0.29, 0.717) is 11.3 Å². The summed E-state index contributed by atoms with van der Waals surface area (Å²) in [5.74, 6) is -0.121. The molecule has 6 heteroatoms. The molecule has 1 amide bonds. The van der Waals surface area contributed by atoms with Crippen LogP contribution in [0.15, 0.2) is 48.8 Å². The molecule has 2 heterocycles. The molecule has 1 fully saturated rings. The Balaban J connectivity index is 1.48. The number of pyridine rings is 1. The average molecular weight is 353 g/mol. The van der Waals surface area contributed by atoms with E-state index in [0.717, 1.165) is 19.0 Å². The average Bonchev–Trinajstić information content (AvgIpc) is 2.68. The van der Waals surface area contributed by atoms with Crippen molar-refractivity contribution in [3.63, 3.8) is 0 Å². The summed E-state index contributed by atoms with van der Waals surface area (Å²) in [6, 6.07) is 10.8. The standard InChI is InChI=1S/C20H23N3O3/c1-15-8-12-23(13-9-15)18-4-2-17(3-5-18)22-19(24)14-26-20(25)16-6-10-21-11-7-16/h2-7,10-11,15H,8-9,12-14H2,1H3,(H,22,24). The van der Waals surface area contributed by atoms with Crippen LogP contribution in [0.25, 0.3) is 0 Å². The van der Waals surface area contributed by atoms with Gasteiger partial charge in [0.1, 0.15) is 0 Å². The van der Waals surface area contributed by atoms with Crippen molar-refractivity contribution in [3.8, 4) is 0 Å². The van der Waals surface area contributed by atoms with Gasteiger partial charge in [0.15, 0.2) is 6.61 Å². The van der Waals surface area contributed by atoms with Crippen LogP contribution in [-0.2, 0) is 9.53 Å². The third-order valence-corrected chi connectivity index (χ3v) is 4.55. The first kappa shape index (κ1) is 17.9. The maximum Gasteiger partial charge on any atom is 0.338 e. The molecule has 1 N–H and O–H groups in total. The van der Waals surface area contributed by atoms with Gasteiger partial charge in [0.2, 0.25) is 0 Å². The number of piperidine rings is 1. The Labute approximate surface area is 153 Å². The lowest BCUT2D eigenvalue weighted by Gasteiger charge is -2.32. The number of hydrogen-bond acceptors (Lipinski definition) is 5. The Kier molecular flexibility index (Phi) is 5.84. The minimum atomic E-state index is -0.544. The predicted molar refractivity (Wildman–Crippen MR) is 100 cm³/mol. The molecular formula is C20H23N3O3. The molecule has 1 aromatic heterocycles. The SMILES string of the molecule is CC1CCN(c2ccc(NC(=O)COC(=O)c3ccncc3)cc2)CC1. The Morgan fingerprint density at radius 1 is 1.12 bits per heavy atom. The van der Waals surface area contributed by atoms with Crippen molar-refractivity contribution in [2.45, 2.75) is 19.8 Å². The summed E-state index contributed by atoms with van der Waals surface area (Å²) in [5, 5.41) is 2.74. The quantitative estimate of drug-likeness (QED) is 0.836. The lowest BCUT2D eigenvalue weighted by Crippen LogP contribution is -2.32. The molecule has 0 saturated carbocycles. The molecule has 6 nitrogen and oxygen atoms in total. The smallest absolute Gasteiger partial charge is 0.338 e. The van der Waals surface area contributed by atoms with Crippen LogP contribution in [0, 0.1) is 5.92 Å².